The van der Waals surface area contributed by atoms with Gasteiger partial charge >= 0.3 is 0 Å². The van der Waals surface area contributed by atoms with E-state index < -0.39 is 0 Å². The average Bonchev–Trinajstić information content (AvgIpc) is 3.03. The van der Waals surface area contributed by atoms with Crippen LogP contribution in [0.1, 0.15) is 36.3 Å². The van der Waals surface area contributed by atoms with Crippen molar-refractivity contribution in [2.24, 2.45) is 5.41 Å². The minimum atomic E-state index is -0.122. The first kappa shape index (κ1) is 16.5. The zero-order chi connectivity index (χ0) is 16.4. The number of likely N-dealkylation sites (tertiary alicyclic amines) is 2. The van der Waals surface area contributed by atoms with Crippen molar-refractivity contribution in [1.29, 1.82) is 0 Å². The standard InChI is InChI=1S/C17H27N3O3/c1-13-15(14(2)23-18-13)12-19-7-4-17(5-8-19)6-9-20(16(17)21)10-11-22-3/h4-12H2,1-3H3. The molecule has 0 saturated carbocycles. The number of rotatable bonds is 5. The van der Waals surface area contributed by atoms with E-state index in [0.29, 0.717) is 12.5 Å². The van der Waals surface area contributed by atoms with Gasteiger partial charge in [0.25, 0.3) is 0 Å². The largest absolute Gasteiger partial charge is 0.383 e. The van der Waals surface area contributed by atoms with E-state index in [1.807, 2.05) is 18.7 Å². The predicted molar refractivity (Wildman–Crippen MR) is 86.0 cm³/mol. The molecule has 128 valence electrons. The summed E-state index contributed by atoms with van der Waals surface area (Å²) < 4.78 is 10.4. The number of ether oxygens (including phenoxy) is 1. The summed E-state index contributed by atoms with van der Waals surface area (Å²) >= 11 is 0. The third kappa shape index (κ3) is 3.15. The Morgan fingerprint density at radius 1 is 1.22 bits per heavy atom. The molecule has 0 aliphatic carbocycles. The second kappa shape index (κ2) is 6.61. The summed E-state index contributed by atoms with van der Waals surface area (Å²) in [6.07, 6.45) is 2.91. The predicted octanol–water partition coefficient (Wildman–Crippen LogP) is 1.75. The summed E-state index contributed by atoms with van der Waals surface area (Å²) in [5, 5.41) is 4.03. The lowest BCUT2D eigenvalue weighted by Crippen LogP contribution is -2.44. The number of piperidine rings is 1. The number of aryl methyl sites for hydroxylation is 2. The van der Waals surface area contributed by atoms with Gasteiger partial charge in [-0.2, -0.15) is 0 Å². The van der Waals surface area contributed by atoms with E-state index >= 15 is 0 Å². The lowest BCUT2D eigenvalue weighted by Gasteiger charge is -2.38. The molecule has 6 nitrogen and oxygen atoms in total. The first-order chi connectivity index (χ1) is 11.1. The fourth-order valence-electron chi connectivity index (χ4n) is 3.86. The number of nitrogens with zero attached hydrogens (tertiary/aromatic N) is 3. The van der Waals surface area contributed by atoms with Crippen molar-refractivity contribution in [2.45, 2.75) is 39.7 Å². The number of methoxy groups -OCH3 is 1. The number of amides is 1. The van der Waals surface area contributed by atoms with Gasteiger partial charge < -0.3 is 14.2 Å². The SMILES string of the molecule is COCCN1CCC2(CCN(Cc3c(C)noc3C)CC2)C1=O. The molecule has 2 aliphatic rings. The molecule has 1 aromatic heterocycles. The molecular weight excluding hydrogens is 294 g/mol. The smallest absolute Gasteiger partial charge is 0.229 e. The molecule has 2 aliphatic heterocycles. The summed E-state index contributed by atoms with van der Waals surface area (Å²) in [5.74, 6) is 1.25. The number of aromatic nitrogens is 1. The van der Waals surface area contributed by atoms with Crippen molar-refractivity contribution in [3.05, 3.63) is 17.0 Å². The fraction of sp³-hybridized carbons (Fsp3) is 0.765. The van der Waals surface area contributed by atoms with Crippen LogP contribution in [0, 0.1) is 19.3 Å². The Morgan fingerprint density at radius 2 is 1.91 bits per heavy atom. The molecule has 0 bridgehead atoms. The molecule has 3 heterocycles. The van der Waals surface area contributed by atoms with Crippen molar-refractivity contribution in [1.82, 2.24) is 15.0 Å². The normalized spacial score (nSPS) is 21.5. The minimum Gasteiger partial charge on any atom is -0.383 e. The number of hydrogen-bond acceptors (Lipinski definition) is 5. The van der Waals surface area contributed by atoms with Crippen LogP contribution in [0.3, 0.4) is 0 Å². The van der Waals surface area contributed by atoms with Crippen molar-refractivity contribution in [3.8, 4) is 0 Å². The summed E-state index contributed by atoms with van der Waals surface area (Å²) in [6.45, 7) is 8.99. The molecule has 3 rings (SSSR count). The van der Waals surface area contributed by atoms with Crippen molar-refractivity contribution in [2.75, 3.05) is 39.9 Å². The Balaban J connectivity index is 1.57. The summed E-state index contributed by atoms with van der Waals surface area (Å²) in [4.78, 5) is 17.1. The molecule has 1 amide bonds. The van der Waals surface area contributed by atoms with Crippen LogP contribution in [0.5, 0.6) is 0 Å². The van der Waals surface area contributed by atoms with Gasteiger partial charge in [0.1, 0.15) is 5.76 Å². The van der Waals surface area contributed by atoms with Gasteiger partial charge in [0.15, 0.2) is 0 Å². The van der Waals surface area contributed by atoms with E-state index in [1.54, 1.807) is 7.11 Å². The Kier molecular flexibility index (Phi) is 4.73. The van der Waals surface area contributed by atoms with E-state index in [4.69, 9.17) is 9.26 Å². The maximum Gasteiger partial charge on any atom is 0.229 e. The van der Waals surface area contributed by atoms with Crippen LogP contribution in [0.25, 0.3) is 0 Å². The van der Waals surface area contributed by atoms with Gasteiger partial charge in [-0.1, -0.05) is 5.16 Å². The highest BCUT2D eigenvalue weighted by Crippen LogP contribution is 2.41. The minimum absolute atomic E-state index is 0.122. The Bertz CT molecular complexity index is 542. The van der Waals surface area contributed by atoms with Gasteiger partial charge in [-0.25, -0.2) is 0 Å². The molecule has 23 heavy (non-hydrogen) atoms. The van der Waals surface area contributed by atoms with Crippen LogP contribution in [-0.4, -0.2) is 60.8 Å². The monoisotopic (exact) mass is 321 g/mol. The number of carbonyl (C=O) groups is 1. The van der Waals surface area contributed by atoms with Crippen molar-refractivity contribution in [3.63, 3.8) is 0 Å². The molecule has 1 spiro atoms. The average molecular weight is 321 g/mol. The van der Waals surface area contributed by atoms with Crippen LogP contribution >= 0.6 is 0 Å². The third-order valence-corrected chi connectivity index (χ3v) is 5.54. The quantitative estimate of drug-likeness (QED) is 0.827. The van der Waals surface area contributed by atoms with Crippen molar-refractivity contribution < 1.29 is 14.1 Å². The summed E-state index contributed by atoms with van der Waals surface area (Å²) in [5.41, 5.74) is 2.05. The second-order valence-electron chi connectivity index (χ2n) is 6.89. The van der Waals surface area contributed by atoms with Gasteiger partial charge in [0.05, 0.1) is 17.7 Å². The Hall–Kier alpha value is -1.40. The summed E-state index contributed by atoms with van der Waals surface area (Å²) in [7, 11) is 1.68. The van der Waals surface area contributed by atoms with E-state index in [-0.39, 0.29) is 5.41 Å². The molecule has 0 N–H and O–H groups in total. The molecular formula is C17H27N3O3. The van der Waals surface area contributed by atoms with Crippen molar-refractivity contribution >= 4 is 5.91 Å². The van der Waals surface area contributed by atoms with Gasteiger partial charge in [-0.3, -0.25) is 9.69 Å². The van der Waals surface area contributed by atoms with Crippen LogP contribution in [-0.2, 0) is 16.1 Å². The molecule has 1 aromatic rings. The third-order valence-electron chi connectivity index (χ3n) is 5.54. The molecule has 2 fully saturated rings. The van der Waals surface area contributed by atoms with Crippen LogP contribution in [0.15, 0.2) is 4.52 Å². The Labute approximate surface area is 137 Å². The van der Waals surface area contributed by atoms with Gasteiger partial charge in [0, 0.05) is 32.3 Å². The Morgan fingerprint density at radius 3 is 2.52 bits per heavy atom. The highest BCUT2D eigenvalue weighted by atomic mass is 16.5. The lowest BCUT2D eigenvalue weighted by atomic mass is 9.77. The highest BCUT2D eigenvalue weighted by molar-refractivity contribution is 5.85. The lowest BCUT2D eigenvalue weighted by molar-refractivity contribution is -0.138. The van der Waals surface area contributed by atoms with Gasteiger partial charge in [0.2, 0.25) is 5.91 Å². The molecule has 0 atom stereocenters. The molecule has 2 saturated heterocycles. The first-order valence-corrected chi connectivity index (χ1v) is 8.48. The maximum atomic E-state index is 12.7. The molecule has 0 radical (unpaired) electrons. The van der Waals surface area contributed by atoms with Crippen LogP contribution < -0.4 is 0 Å². The molecule has 6 heteroatoms. The molecule has 0 unspecified atom stereocenters. The van der Waals surface area contributed by atoms with E-state index in [1.165, 1.54) is 5.56 Å². The van der Waals surface area contributed by atoms with Gasteiger partial charge in [-0.15, -0.1) is 0 Å². The zero-order valence-electron chi connectivity index (χ0n) is 14.4. The molecule has 0 aromatic carbocycles. The highest BCUT2D eigenvalue weighted by Gasteiger charge is 2.47. The number of hydrogen-bond donors (Lipinski definition) is 0. The van der Waals surface area contributed by atoms with E-state index in [9.17, 15) is 4.79 Å². The van der Waals surface area contributed by atoms with E-state index in [2.05, 4.69) is 10.1 Å². The maximum absolute atomic E-state index is 12.7. The first-order valence-electron chi connectivity index (χ1n) is 8.48. The zero-order valence-corrected chi connectivity index (χ0v) is 14.4. The van der Waals surface area contributed by atoms with Gasteiger partial charge in [-0.05, 0) is 46.2 Å². The van der Waals surface area contributed by atoms with Crippen LogP contribution in [0.4, 0.5) is 0 Å². The second-order valence-corrected chi connectivity index (χ2v) is 6.89. The summed E-state index contributed by atoms with van der Waals surface area (Å²) in [6, 6.07) is 0. The van der Waals surface area contributed by atoms with E-state index in [0.717, 1.165) is 63.4 Å². The fourth-order valence-corrected chi connectivity index (χ4v) is 3.86. The van der Waals surface area contributed by atoms with Crippen LogP contribution in [0.2, 0.25) is 0 Å². The topological polar surface area (TPSA) is 58.8 Å². The number of carbonyl (C=O) groups excluding carboxylic acids is 1.